The van der Waals surface area contributed by atoms with E-state index < -0.39 is 0 Å². The van der Waals surface area contributed by atoms with Crippen molar-refractivity contribution in [1.29, 1.82) is 0 Å². The Kier molecular flexibility index (Phi) is 1.62. The molecule has 0 N–H and O–H groups in total. The maximum atomic E-state index is 5.23. The molecule has 0 fully saturated rings. The van der Waals surface area contributed by atoms with Gasteiger partial charge in [0.25, 0.3) is 0 Å². The standard InChI is InChI=1S/C11H9N3O/c1-15-10-6-2-5-9-11-8(13-14(9)10)4-3-7-12-11/h2-7H,1H3. The minimum atomic E-state index is 0.713. The molecule has 3 heterocycles. The lowest BCUT2D eigenvalue weighted by atomic mass is 10.3. The van der Waals surface area contributed by atoms with Crippen molar-refractivity contribution < 1.29 is 4.74 Å². The van der Waals surface area contributed by atoms with Gasteiger partial charge in [0.05, 0.1) is 12.6 Å². The first kappa shape index (κ1) is 8.23. The normalized spacial score (nSPS) is 11.0. The molecular formula is C11H9N3O. The molecule has 0 spiro atoms. The molecule has 0 aliphatic carbocycles. The van der Waals surface area contributed by atoms with Crippen molar-refractivity contribution in [1.82, 2.24) is 14.6 Å². The number of hydrogen-bond donors (Lipinski definition) is 0. The van der Waals surface area contributed by atoms with Crippen LogP contribution in [-0.2, 0) is 0 Å². The van der Waals surface area contributed by atoms with Crippen LogP contribution in [-0.4, -0.2) is 21.7 Å². The largest absolute Gasteiger partial charge is 0.481 e. The molecule has 15 heavy (non-hydrogen) atoms. The predicted molar refractivity (Wildman–Crippen MR) is 57.0 cm³/mol. The molecule has 0 saturated heterocycles. The maximum Gasteiger partial charge on any atom is 0.214 e. The van der Waals surface area contributed by atoms with Crippen molar-refractivity contribution >= 4 is 16.6 Å². The SMILES string of the molecule is COc1cccc2c3ncccc3nn12. The first-order chi connectivity index (χ1) is 7.40. The Labute approximate surface area is 86.1 Å². The van der Waals surface area contributed by atoms with Gasteiger partial charge < -0.3 is 4.74 Å². The van der Waals surface area contributed by atoms with Crippen LogP contribution in [0.3, 0.4) is 0 Å². The second-order valence-electron chi connectivity index (χ2n) is 3.24. The van der Waals surface area contributed by atoms with Gasteiger partial charge in [0.2, 0.25) is 5.88 Å². The Hall–Kier alpha value is -2.10. The molecule has 0 aromatic carbocycles. The van der Waals surface area contributed by atoms with Crippen LogP contribution in [0.15, 0.2) is 36.5 Å². The summed E-state index contributed by atoms with van der Waals surface area (Å²) in [5, 5.41) is 4.42. The molecular weight excluding hydrogens is 190 g/mol. The second-order valence-corrected chi connectivity index (χ2v) is 3.24. The van der Waals surface area contributed by atoms with Crippen LogP contribution in [0.4, 0.5) is 0 Å². The fourth-order valence-corrected chi connectivity index (χ4v) is 1.70. The van der Waals surface area contributed by atoms with Crippen molar-refractivity contribution in [2.45, 2.75) is 0 Å². The monoisotopic (exact) mass is 199 g/mol. The van der Waals surface area contributed by atoms with Gasteiger partial charge in [-0.2, -0.15) is 9.61 Å². The summed E-state index contributed by atoms with van der Waals surface area (Å²) in [5.41, 5.74) is 2.74. The Morgan fingerprint density at radius 2 is 2.13 bits per heavy atom. The summed E-state index contributed by atoms with van der Waals surface area (Å²) in [6.45, 7) is 0. The van der Waals surface area contributed by atoms with Gasteiger partial charge in [-0.15, -0.1) is 0 Å². The number of fused-ring (bicyclic) bond motifs is 3. The van der Waals surface area contributed by atoms with Gasteiger partial charge in [0.15, 0.2) is 0 Å². The summed E-state index contributed by atoms with van der Waals surface area (Å²) >= 11 is 0. The van der Waals surface area contributed by atoms with E-state index >= 15 is 0 Å². The van der Waals surface area contributed by atoms with Gasteiger partial charge in [-0.25, -0.2) is 0 Å². The van der Waals surface area contributed by atoms with Gasteiger partial charge in [-0.3, -0.25) is 4.98 Å². The number of ether oxygens (including phenoxy) is 1. The van der Waals surface area contributed by atoms with Crippen LogP contribution in [0.2, 0.25) is 0 Å². The third-order valence-corrected chi connectivity index (χ3v) is 2.38. The zero-order chi connectivity index (χ0) is 10.3. The number of pyridine rings is 2. The van der Waals surface area contributed by atoms with E-state index in [2.05, 4.69) is 10.1 Å². The van der Waals surface area contributed by atoms with E-state index in [4.69, 9.17) is 4.74 Å². The Balaban J connectivity index is 2.53. The Morgan fingerprint density at radius 1 is 1.20 bits per heavy atom. The van der Waals surface area contributed by atoms with Crippen molar-refractivity contribution in [3.05, 3.63) is 36.5 Å². The predicted octanol–water partition coefficient (Wildman–Crippen LogP) is 1.89. The summed E-state index contributed by atoms with van der Waals surface area (Å²) in [7, 11) is 1.63. The van der Waals surface area contributed by atoms with Crippen LogP contribution in [0.1, 0.15) is 0 Å². The highest BCUT2D eigenvalue weighted by molar-refractivity contribution is 5.90. The average molecular weight is 199 g/mol. The summed E-state index contributed by atoms with van der Waals surface area (Å²) in [6, 6.07) is 9.60. The lowest BCUT2D eigenvalue weighted by Gasteiger charge is -2.00. The van der Waals surface area contributed by atoms with Crippen LogP contribution < -0.4 is 4.74 Å². The van der Waals surface area contributed by atoms with E-state index in [-0.39, 0.29) is 0 Å². The molecule has 0 unspecified atom stereocenters. The summed E-state index contributed by atoms with van der Waals surface area (Å²) in [6.07, 6.45) is 1.77. The summed E-state index contributed by atoms with van der Waals surface area (Å²) < 4.78 is 6.99. The van der Waals surface area contributed by atoms with Gasteiger partial charge in [0, 0.05) is 12.3 Å². The van der Waals surface area contributed by atoms with Crippen LogP contribution >= 0.6 is 0 Å². The number of rotatable bonds is 1. The number of methoxy groups -OCH3 is 1. The van der Waals surface area contributed by atoms with E-state index in [1.165, 1.54) is 0 Å². The highest BCUT2D eigenvalue weighted by atomic mass is 16.5. The summed E-state index contributed by atoms with van der Waals surface area (Å²) in [4.78, 5) is 4.31. The van der Waals surface area contributed by atoms with E-state index in [0.29, 0.717) is 5.88 Å². The molecule has 0 saturated carbocycles. The smallest absolute Gasteiger partial charge is 0.214 e. The fraction of sp³-hybridized carbons (Fsp3) is 0.0909. The number of hydrogen-bond acceptors (Lipinski definition) is 3. The number of nitrogens with zero attached hydrogens (tertiary/aromatic N) is 3. The van der Waals surface area contributed by atoms with Gasteiger partial charge in [-0.1, -0.05) is 6.07 Å². The zero-order valence-corrected chi connectivity index (χ0v) is 8.21. The molecule has 0 aliphatic heterocycles. The molecule has 0 radical (unpaired) electrons. The quantitative estimate of drug-likeness (QED) is 0.600. The van der Waals surface area contributed by atoms with E-state index in [1.54, 1.807) is 17.8 Å². The Morgan fingerprint density at radius 3 is 3.00 bits per heavy atom. The average Bonchev–Trinajstić information content (AvgIpc) is 2.67. The van der Waals surface area contributed by atoms with Crippen molar-refractivity contribution in [2.75, 3.05) is 7.11 Å². The van der Waals surface area contributed by atoms with Crippen LogP contribution in [0.25, 0.3) is 16.6 Å². The molecule has 0 atom stereocenters. The zero-order valence-electron chi connectivity index (χ0n) is 8.21. The maximum absolute atomic E-state index is 5.23. The molecule has 3 aromatic rings. The molecule has 0 amide bonds. The van der Waals surface area contributed by atoms with Crippen molar-refractivity contribution in [3.63, 3.8) is 0 Å². The topological polar surface area (TPSA) is 39.4 Å². The lowest BCUT2D eigenvalue weighted by molar-refractivity contribution is 0.386. The molecule has 3 aromatic heterocycles. The van der Waals surface area contributed by atoms with Crippen molar-refractivity contribution in [3.8, 4) is 5.88 Å². The van der Waals surface area contributed by atoms with Gasteiger partial charge in [0.1, 0.15) is 11.0 Å². The third kappa shape index (κ3) is 1.08. The van der Waals surface area contributed by atoms with E-state index in [0.717, 1.165) is 16.6 Å². The molecule has 3 rings (SSSR count). The minimum absolute atomic E-state index is 0.713. The highest BCUT2D eigenvalue weighted by Crippen LogP contribution is 2.21. The fourth-order valence-electron chi connectivity index (χ4n) is 1.70. The van der Waals surface area contributed by atoms with Gasteiger partial charge in [-0.05, 0) is 18.2 Å². The number of aromatic nitrogens is 3. The van der Waals surface area contributed by atoms with E-state index in [1.807, 2.05) is 30.3 Å². The van der Waals surface area contributed by atoms with Crippen LogP contribution in [0.5, 0.6) is 5.88 Å². The molecule has 4 heteroatoms. The van der Waals surface area contributed by atoms with Gasteiger partial charge >= 0.3 is 0 Å². The molecule has 74 valence electrons. The van der Waals surface area contributed by atoms with Crippen LogP contribution in [0, 0.1) is 0 Å². The minimum Gasteiger partial charge on any atom is -0.481 e. The van der Waals surface area contributed by atoms with Crippen molar-refractivity contribution in [2.24, 2.45) is 0 Å². The first-order valence-electron chi connectivity index (χ1n) is 4.66. The molecule has 4 nitrogen and oxygen atoms in total. The first-order valence-corrected chi connectivity index (χ1v) is 4.66. The molecule has 0 bridgehead atoms. The molecule has 0 aliphatic rings. The lowest BCUT2D eigenvalue weighted by Crippen LogP contribution is -1.94. The van der Waals surface area contributed by atoms with E-state index in [9.17, 15) is 0 Å². The highest BCUT2D eigenvalue weighted by Gasteiger charge is 2.07. The Bertz CT molecular complexity index is 630. The second kappa shape index (κ2) is 2.95. The third-order valence-electron chi connectivity index (χ3n) is 2.38. The summed E-state index contributed by atoms with van der Waals surface area (Å²) in [5.74, 6) is 0.713.